The Kier molecular flexibility index (Phi) is 6.76. The third-order valence-electron chi connectivity index (χ3n) is 5.70. The maximum absolute atomic E-state index is 13.1. The molecule has 3 heterocycles. The number of pyridine rings is 1. The third kappa shape index (κ3) is 5.00. The van der Waals surface area contributed by atoms with Crippen molar-refractivity contribution in [1.82, 2.24) is 19.7 Å². The first kappa shape index (κ1) is 23.6. The molecule has 0 atom stereocenters. The van der Waals surface area contributed by atoms with E-state index >= 15 is 0 Å². The van der Waals surface area contributed by atoms with Gasteiger partial charge in [0.05, 0.1) is 29.6 Å². The number of likely N-dealkylation sites (tertiary alicyclic amines) is 1. The predicted molar refractivity (Wildman–Crippen MR) is 118 cm³/mol. The standard InChI is InChI=1S/C24H25F3N4O3/c1-3-33-20-6-4-5-7-21(20)34-18-10-12-30(13-11-18)23(32)19-15-29-31(16(19)2)22-9-8-17(14-28-22)24(25,26)27/h4-9,14-15,18H,3,10-13H2,1-2H3. The van der Waals surface area contributed by atoms with Gasteiger partial charge >= 0.3 is 6.18 Å². The van der Waals surface area contributed by atoms with E-state index in [0.29, 0.717) is 55.3 Å². The molecule has 0 N–H and O–H groups in total. The van der Waals surface area contributed by atoms with Gasteiger partial charge in [0.1, 0.15) is 6.10 Å². The number of para-hydroxylation sites is 2. The van der Waals surface area contributed by atoms with Crippen LogP contribution in [0.3, 0.4) is 0 Å². The lowest BCUT2D eigenvalue weighted by Gasteiger charge is -2.32. The van der Waals surface area contributed by atoms with E-state index < -0.39 is 11.7 Å². The maximum Gasteiger partial charge on any atom is 0.417 e. The fourth-order valence-electron chi connectivity index (χ4n) is 3.88. The highest BCUT2D eigenvalue weighted by molar-refractivity contribution is 5.95. The normalized spacial score (nSPS) is 14.8. The summed E-state index contributed by atoms with van der Waals surface area (Å²) in [6, 6.07) is 9.70. The molecule has 180 valence electrons. The zero-order chi connectivity index (χ0) is 24.3. The van der Waals surface area contributed by atoms with E-state index in [1.165, 1.54) is 16.9 Å². The fourth-order valence-corrected chi connectivity index (χ4v) is 3.88. The lowest BCUT2D eigenvalue weighted by molar-refractivity contribution is -0.137. The van der Waals surface area contributed by atoms with E-state index in [0.717, 1.165) is 12.3 Å². The summed E-state index contributed by atoms with van der Waals surface area (Å²) >= 11 is 0. The number of alkyl halides is 3. The number of carbonyl (C=O) groups excluding carboxylic acids is 1. The number of ether oxygens (including phenoxy) is 2. The van der Waals surface area contributed by atoms with Crippen molar-refractivity contribution in [2.75, 3.05) is 19.7 Å². The number of piperidine rings is 1. The maximum atomic E-state index is 13.1. The van der Waals surface area contributed by atoms with E-state index in [9.17, 15) is 18.0 Å². The van der Waals surface area contributed by atoms with Crippen molar-refractivity contribution in [1.29, 1.82) is 0 Å². The number of hydrogen-bond acceptors (Lipinski definition) is 5. The Hall–Kier alpha value is -3.56. The number of halogens is 3. The molecule has 1 amide bonds. The van der Waals surface area contributed by atoms with Crippen LogP contribution in [0.1, 0.15) is 41.4 Å². The van der Waals surface area contributed by atoms with Gasteiger partial charge in [-0.05, 0) is 38.1 Å². The molecule has 0 spiro atoms. The van der Waals surface area contributed by atoms with Crippen LogP contribution in [-0.2, 0) is 6.18 Å². The van der Waals surface area contributed by atoms with Crippen LogP contribution in [0, 0.1) is 6.92 Å². The van der Waals surface area contributed by atoms with Gasteiger partial charge in [0.25, 0.3) is 5.91 Å². The highest BCUT2D eigenvalue weighted by Gasteiger charge is 2.31. The molecular formula is C24H25F3N4O3. The largest absolute Gasteiger partial charge is 0.490 e. The number of rotatable bonds is 6. The molecule has 0 saturated carbocycles. The topological polar surface area (TPSA) is 69.5 Å². The minimum Gasteiger partial charge on any atom is -0.490 e. The smallest absolute Gasteiger partial charge is 0.417 e. The summed E-state index contributed by atoms with van der Waals surface area (Å²) in [6.45, 7) is 5.19. The van der Waals surface area contributed by atoms with Crippen molar-refractivity contribution in [3.8, 4) is 17.3 Å². The lowest BCUT2D eigenvalue weighted by Crippen LogP contribution is -2.42. The molecule has 1 fully saturated rings. The summed E-state index contributed by atoms with van der Waals surface area (Å²) in [5.74, 6) is 1.42. The Labute approximate surface area is 195 Å². The van der Waals surface area contributed by atoms with E-state index in [4.69, 9.17) is 9.47 Å². The summed E-state index contributed by atoms with van der Waals surface area (Å²) < 4.78 is 51.5. The van der Waals surface area contributed by atoms with Crippen molar-refractivity contribution in [2.24, 2.45) is 0 Å². The second-order valence-electron chi connectivity index (χ2n) is 7.95. The molecule has 7 nitrogen and oxygen atoms in total. The predicted octanol–water partition coefficient (Wildman–Crippen LogP) is 4.68. The van der Waals surface area contributed by atoms with Gasteiger partial charge < -0.3 is 14.4 Å². The molecule has 10 heteroatoms. The summed E-state index contributed by atoms with van der Waals surface area (Å²) in [5.41, 5.74) is 0.0651. The van der Waals surface area contributed by atoms with Gasteiger partial charge in [-0.3, -0.25) is 4.79 Å². The molecule has 1 aliphatic heterocycles. The molecule has 0 aliphatic carbocycles. The first-order chi connectivity index (χ1) is 16.3. The van der Waals surface area contributed by atoms with Gasteiger partial charge in [-0.2, -0.15) is 18.3 Å². The van der Waals surface area contributed by atoms with Crippen LogP contribution in [-0.4, -0.2) is 51.4 Å². The first-order valence-corrected chi connectivity index (χ1v) is 11.0. The SMILES string of the molecule is CCOc1ccccc1OC1CCN(C(=O)c2cnn(-c3ccc(C(F)(F)F)cn3)c2C)CC1. The number of benzene rings is 1. The van der Waals surface area contributed by atoms with Gasteiger partial charge in [-0.15, -0.1) is 0 Å². The van der Waals surface area contributed by atoms with Crippen LogP contribution in [0.5, 0.6) is 11.5 Å². The van der Waals surface area contributed by atoms with Crippen molar-refractivity contribution in [3.05, 3.63) is 65.6 Å². The van der Waals surface area contributed by atoms with Crippen LogP contribution in [0.2, 0.25) is 0 Å². The Balaban J connectivity index is 1.40. The fraction of sp³-hybridized carbons (Fsp3) is 0.375. The monoisotopic (exact) mass is 474 g/mol. The number of aromatic nitrogens is 3. The Morgan fingerprint density at radius 2 is 1.79 bits per heavy atom. The van der Waals surface area contributed by atoms with Gasteiger partial charge in [0.2, 0.25) is 0 Å². The second kappa shape index (κ2) is 9.74. The van der Waals surface area contributed by atoms with Gasteiger partial charge in [-0.1, -0.05) is 12.1 Å². The van der Waals surface area contributed by atoms with Crippen LogP contribution in [0.25, 0.3) is 5.82 Å². The van der Waals surface area contributed by atoms with Crippen molar-refractivity contribution in [2.45, 2.75) is 39.0 Å². The third-order valence-corrected chi connectivity index (χ3v) is 5.70. The molecule has 1 saturated heterocycles. The minimum absolute atomic E-state index is 0.0363. The van der Waals surface area contributed by atoms with E-state index in [1.54, 1.807) is 11.8 Å². The average molecular weight is 474 g/mol. The van der Waals surface area contributed by atoms with Crippen LogP contribution in [0.4, 0.5) is 13.2 Å². The van der Waals surface area contributed by atoms with E-state index in [1.807, 2.05) is 31.2 Å². The number of nitrogens with zero attached hydrogens (tertiary/aromatic N) is 4. The summed E-state index contributed by atoms with van der Waals surface area (Å²) in [5, 5.41) is 4.18. The molecule has 3 aromatic rings. The van der Waals surface area contributed by atoms with Gasteiger partial charge in [-0.25, -0.2) is 9.67 Å². The molecule has 0 unspecified atom stereocenters. The van der Waals surface area contributed by atoms with Crippen LogP contribution >= 0.6 is 0 Å². The number of carbonyl (C=O) groups is 1. The zero-order valence-corrected chi connectivity index (χ0v) is 18.9. The second-order valence-corrected chi connectivity index (χ2v) is 7.95. The molecule has 34 heavy (non-hydrogen) atoms. The van der Waals surface area contributed by atoms with Crippen LogP contribution < -0.4 is 9.47 Å². The minimum atomic E-state index is -4.47. The summed E-state index contributed by atoms with van der Waals surface area (Å²) in [4.78, 5) is 18.7. The lowest BCUT2D eigenvalue weighted by atomic mass is 10.1. The van der Waals surface area contributed by atoms with Gasteiger partial charge in [0, 0.05) is 32.1 Å². The van der Waals surface area contributed by atoms with E-state index in [2.05, 4.69) is 10.1 Å². The molecule has 1 aromatic carbocycles. The Bertz CT molecular complexity index is 1140. The van der Waals surface area contributed by atoms with Crippen LogP contribution in [0.15, 0.2) is 48.8 Å². The Morgan fingerprint density at radius 1 is 1.09 bits per heavy atom. The van der Waals surface area contributed by atoms with Crippen molar-refractivity contribution >= 4 is 5.91 Å². The summed E-state index contributed by atoms with van der Waals surface area (Å²) in [6.07, 6.45) is -0.984. The molecule has 1 aliphatic rings. The highest BCUT2D eigenvalue weighted by Crippen LogP contribution is 2.30. The zero-order valence-electron chi connectivity index (χ0n) is 18.9. The molecule has 0 bridgehead atoms. The van der Waals surface area contributed by atoms with Crippen molar-refractivity contribution in [3.63, 3.8) is 0 Å². The molecular weight excluding hydrogens is 449 g/mol. The first-order valence-electron chi connectivity index (χ1n) is 11.0. The van der Waals surface area contributed by atoms with Crippen molar-refractivity contribution < 1.29 is 27.4 Å². The quantitative estimate of drug-likeness (QED) is 0.519. The highest BCUT2D eigenvalue weighted by atomic mass is 19.4. The average Bonchev–Trinajstić information content (AvgIpc) is 3.21. The Morgan fingerprint density at radius 3 is 2.41 bits per heavy atom. The number of amides is 1. The molecule has 4 rings (SSSR count). The number of hydrogen-bond donors (Lipinski definition) is 0. The van der Waals surface area contributed by atoms with E-state index in [-0.39, 0.29) is 17.8 Å². The molecule has 0 radical (unpaired) electrons. The molecule has 2 aromatic heterocycles. The van der Waals surface area contributed by atoms with Gasteiger partial charge in [0.15, 0.2) is 17.3 Å². The summed E-state index contributed by atoms with van der Waals surface area (Å²) in [7, 11) is 0.